The fraction of sp³-hybridized carbons (Fsp3) is 0.556. The Kier molecular flexibility index (Phi) is 3.54. The number of nitrogens with zero attached hydrogens (tertiary/aromatic N) is 2. The van der Waals surface area contributed by atoms with Gasteiger partial charge in [-0.3, -0.25) is 4.90 Å². The molecule has 0 aliphatic carbocycles. The number of rotatable bonds is 2. The summed E-state index contributed by atoms with van der Waals surface area (Å²) in [6.45, 7) is 5.61. The van der Waals surface area contributed by atoms with Crippen molar-refractivity contribution in [3.05, 3.63) is 12.3 Å². The second kappa shape index (κ2) is 4.68. The molecule has 3 N–H and O–H groups in total. The number of amidine groups is 1. The molecule has 1 amide bonds. The molecule has 84 valence electrons. The van der Waals surface area contributed by atoms with Gasteiger partial charge in [0.25, 0.3) is 0 Å². The Hall–Kier alpha value is -1.72. The predicted octanol–water partition coefficient (Wildman–Crippen LogP) is 0.867. The summed E-state index contributed by atoms with van der Waals surface area (Å²) in [5, 5.41) is 11.4. The third-order valence-electron chi connectivity index (χ3n) is 2.21. The highest BCUT2D eigenvalue weighted by Gasteiger charge is 2.32. The maximum atomic E-state index is 11.5. The van der Waals surface area contributed by atoms with Gasteiger partial charge in [0, 0.05) is 6.54 Å². The van der Waals surface area contributed by atoms with Gasteiger partial charge in [-0.2, -0.15) is 0 Å². The van der Waals surface area contributed by atoms with Gasteiger partial charge in [0.15, 0.2) is 5.84 Å². The highest BCUT2D eigenvalue weighted by atomic mass is 16.6. The number of amides is 1. The van der Waals surface area contributed by atoms with Crippen LogP contribution in [0.25, 0.3) is 0 Å². The molecule has 0 unspecified atom stereocenters. The van der Waals surface area contributed by atoms with E-state index in [2.05, 4.69) is 11.7 Å². The van der Waals surface area contributed by atoms with E-state index in [1.807, 2.05) is 0 Å². The van der Waals surface area contributed by atoms with Crippen LogP contribution in [-0.2, 0) is 4.74 Å². The SMILES string of the molecule is C=C(C)OC(=O)N1CCC[C@H]1C(N)=NO. The number of carbonyl (C=O) groups is 1. The van der Waals surface area contributed by atoms with Crippen LogP contribution in [0.5, 0.6) is 0 Å². The van der Waals surface area contributed by atoms with Crippen LogP contribution >= 0.6 is 0 Å². The zero-order valence-electron chi connectivity index (χ0n) is 8.64. The van der Waals surface area contributed by atoms with Crippen LogP contribution in [0.15, 0.2) is 17.5 Å². The van der Waals surface area contributed by atoms with Gasteiger partial charge in [0.1, 0.15) is 0 Å². The van der Waals surface area contributed by atoms with Crippen LogP contribution in [0.2, 0.25) is 0 Å². The molecule has 1 fully saturated rings. The van der Waals surface area contributed by atoms with Gasteiger partial charge >= 0.3 is 6.09 Å². The molecule has 1 heterocycles. The Bertz CT molecular complexity index is 301. The first-order valence-electron chi connectivity index (χ1n) is 4.67. The van der Waals surface area contributed by atoms with Gasteiger partial charge in [0.2, 0.25) is 0 Å². The van der Waals surface area contributed by atoms with Crippen LogP contribution < -0.4 is 5.73 Å². The quantitative estimate of drug-likeness (QED) is 0.234. The van der Waals surface area contributed by atoms with Gasteiger partial charge in [-0.1, -0.05) is 11.7 Å². The van der Waals surface area contributed by atoms with Gasteiger partial charge in [0.05, 0.1) is 11.8 Å². The number of carbonyl (C=O) groups excluding carboxylic acids is 1. The Morgan fingerprint density at radius 1 is 1.73 bits per heavy atom. The molecule has 1 saturated heterocycles. The number of hydrogen-bond donors (Lipinski definition) is 2. The molecule has 0 radical (unpaired) electrons. The summed E-state index contributed by atoms with van der Waals surface area (Å²) in [5.74, 6) is 0.358. The third kappa shape index (κ3) is 2.61. The van der Waals surface area contributed by atoms with Crippen LogP contribution in [0, 0.1) is 0 Å². The second-order valence-electron chi connectivity index (χ2n) is 3.45. The molecule has 6 nitrogen and oxygen atoms in total. The average Bonchev–Trinajstić information content (AvgIpc) is 2.63. The number of oxime groups is 1. The van der Waals surface area contributed by atoms with Crippen molar-refractivity contribution in [3.63, 3.8) is 0 Å². The Morgan fingerprint density at radius 3 is 2.93 bits per heavy atom. The smallest absolute Gasteiger partial charge is 0.415 e. The van der Waals surface area contributed by atoms with Gasteiger partial charge in [-0.25, -0.2) is 4.79 Å². The molecule has 1 atom stereocenters. The summed E-state index contributed by atoms with van der Waals surface area (Å²) in [5.41, 5.74) is 5.47. The lowest BCUT2D eigenvalue weighted by Gasteiger charge is -2.22. The monoisotopic (exact) mass is 213 g/mol. The summed E-state index contributed by atoms with van der Waals surface area (Å²) >= 11 is 0. The molecule has 0 spiro atoms. The lowest BCUT2D eigenvalue weighted by atomic mass is 10.2. The summed E-state index contributed by atoms with van der Waals surface area (Å²) in [4.78, 5) is 13.0. The lowest BCUT2D eigenvalue weighted by molar-refractivity contribution is 0.132. The molecule has 1 aliphatic rings. The van der Waals surface area contributed by atoms with E-state index in [1.54, 1.807) is 6.92 Å². The van der Waals surface area contributed by atoms with Crippen molar-refractivity contribution in [3.8, 4) is 0 Å². The highest BCUT2D eigenvalue weighted by molar-refractivity contribution is 5.89. The number of allylic oxidation sites excluding steroid dienone is 1. The second-order valence-corrected chi connectivity index (χ2v) is 3.45. The molecular weight excluding hydrogens is 198 g/mol. The molecule has 15 heavy (non-hydrogen) atoms. The molecule has 0 saturated carbocycles. The van der Waals surface area contributed by atoms with E-state index >= 15 is 0 Å². The zero-order chi connectivity index (χ0) is 11.4. The van der Waals surface area contributed by atoms with Gasteiger partial charge in [-0.15, -0.1) is 0 Å². The third-order valence-corrected chi connectivity index (χ3v) is 2.21. The van der Waals surface area contributed by atoms with E-state index in [1.165, 1.54) is 4.90 Å². The minimum atomic E-state index is -0.503. The summed E-state index contributed by atoms with van der Waals surface area (Å²) in [7, 11) is 0. The Balaban J connectivity index is 2.68. The van der Waals surface area contributed by atoms with Crippen LogP contribution in [0.4, 0.5) is 4.79 Å². The van der Waals surface area contributed by atoms with Crippen LogP contribution in [0.1, 0.15) is 19.8 Å². The van der Waals surface area contributed by atoms with Crippen molar-refractivity contribution in [1.29, 1.82) is 0 Å². The van der Waals surface area contributed by atoms with Gasteiger partial charge in [-0.05, 0) is 19.8 Å². The van der Waals surface area contributed by atoms with E-state index in [0.717, 1.165) is 6.42 Å². The van der Waals surface area contributed by atoms with E-state index < -0.39 is 6.09 Å². The van der Waals surface area contributed by atoms with E-state index in [9.17, 15) is 4.79 Å². The van der Waals surface area contributed by atoms with Crippen molar-refractivity contribution in [2.45, 2.75) is 25.8 Å². The van der Waals surface area contributed by atoms with Crippen molar-refractivity contribution in [1.82, 2.24) is 4.90 Å². The maximum Gasteiger partial charge on any atom is 0.415 e. The molecule has 1 aliphatic heterocycles. The molecule has 6 heteroatoms. The standard InChI is InChI=1S/C9H15N3O3/c1-6(2)15-9(13)12-5-3-4-7(12)8(10)11-14/h7,14H,1,3-5H2,2H3,(H2,10,11)/t7-/m0/s1. The number of nitrogens with two attached hydrogens (primary N) is 1. The van der Waals surface area contributed by atoms with E-state index in [-0.39, 0.29) is 11.9 Å². The first-order chi connectivity index (χ1) is 7.06. The molecule has 0 bridgehead atoms. The molecule has 0 aromatic carbocycles. The minimum Gasteiger partial charge on any atom is -0.416 e. The Morgan fingerprint density at radius 2 is 2.40 bits per heavy atom. The fourth-order valence-electron chi connectivity index (χ4n) is 1.57. The normalized spacial score (nSPS) is 21.5. The number of ether oxygens (including phenoxy) is 1. The maximum absolute atomic E-state index is 11.5. The molecular formula is C9H15N3O3. The number of likely N-dealkylation sites (tertiary alicyclic amines) is 1. The summed E-state index contributed by atoms with van der Waals surface area (Å²) in [6.07, 6.45) is 0.990. The van der Waals surface area contributed by atoms with Crippen molar-refractivity contribution in [2.24, 2.45) is 10.9 Å². The molecule has 1 rings (SSSR count). The topological polar surface area (TPSA) is 88.2 Å². The van der Waals surface area contributed by atoms with Crippen LogP contribution in [0.3, 0.4) is 0 Å². The fourth-order valence-corrected chi connectivity index (χ4v) is 1.57. The first-order valence-corrected chi connectivity index (χ1v) is 4.67. The van der Waals surface area contributed by atoms with Gasteiger partial charge < -0.3 is 15.7 Å². The summed E-state index contributed by atoms with van der Waals surface area (Å²) in [6, 6.07) is -0.373. The van der Waals surface area contributed by atoms with E-state index in [4.69, 9.17) is 15.7 Å². The summed E-state index contributed by atoms with van der Waals surface area (Å²) < 4.78 is 4.86. The van der Waals surface area contributed by atoms with Crippen molar-refractivity contribution >= 4 is 11.9 Å². The van der Waals surface area contributed by atoms with Crippen molar-refractivity contribution in [2.75, 3.05) is 6.54 Å². The highest BCUT2D eigenvalue weighted by Crippen LogP contribution is 2.19. The Labute approximate surface area is 88.0 Å². The van der Waals surface area contributed by atoms with Crippen LogP contribution in [-0.4, -0.2) is 34.6 Å². The number of hydrogen-bond acceptors (Lipinski definition) is 4. The van der Waals surface area contributed by atoms with E-state index in [0.29, 0.717) is 18.7 Å². The average molecular weight is 213 g/mol. The molecule has 0 aromatic rings. The lowest BCUT2D eigenvalue weighted by Crippen LogP contribution is -2.43. The first kappa shape index (κ1) is 11.4. The minimum absolute atomic E-state index is 0.0335. The largest absolute Gasteiger partial charge is 0.416 e. The predicted molar refractivity (Wildman–Crippen MR) is 54.4 cm³/mol. The van der Waals surface area contributed by atoms with Crippen molar-refractivity contribution < 1.29 is 14.7 Å². The molecule has 0 aromatic heterocycles. The zero-order valence-corrected chi connectivity index (χ0v) is 8.64.